The van der Waals surface area contributed by atoms with Gasteiger partial charge in [0.15, 0.2) is 11.8 Å². The number of nitrogens with zero attached hydrogens (tertiary/aromatic N) is 1. The lowest BCUT2D eigenvalue weighted by molar-refractivity contribution is -0.129. The summed E-state index contributed by atoms with van der Waals surface area (Å²) in [6, 6.07) is 15.1. The summed E-state index contributed by atoms with van der Waals surface area (Å²) in [6.07, 6.45) is -0.909. The molecule has 6 nitrogen and oxygen atoms in total. The highest BCUT2D eigenvalue weighted by Gasteiger charge is 2.22. The van der Waals surface area contributed by atoms with E-state index in [1.165, 1.54) is 6.92 Å². The van der Waals surface area contributed by atoms with Crippen LogP contribution in [0.1, 0.15) is 28.5 Å². The maximum absolute atomic E-state index is 12.3. The number of ether oxygens (including phenoxy) is 1. The molecule has 0 fully saturated rings. The van der Waals surface area contributed by atoms with Gasteiger partial charge in [0, 0.05) is 11.9 Å². The van der Waals surface area contributed by atoms with Crippen LogP contribution in [0.15, 0.2) is 48.5 Å². The van der Waals surface area contributed by atoms with Crippen molar-refractivity contribution in [2.75, 3.05) is 0 Å². The predicted molar refractivity (Wildman–Crippen MR) is 94.0 cm³/mol. The molecule has 3 rings (SSSR count). The first kappa shape index (κ1) is 16.7. The molecule has 6 heteroatoms. The van der Waals surface area contributed by atoms with E-state index in [1.807, 2.05) is 49.4 Å². The van der Waals surface area contributed by atoms with Crippen molar-refractivity contribution >= 4 is 22.8 Å². The van der Waals surface area contributed by atoms with Gasteiger partial charge in [0.2, 0.25) is 0 Å². The minimum absolute atomic E-state index is 0.175. The van der Waals surface area contributed by atoms with Crippen LogP contribution in [0.4, 0.5) is 0 Å². The number of rotatable bonds is 5. The summed E-state index contributed by atoms with van der Waals surface area (Å²) >= 11 is 0. The molecule has 0 radical (unpaired) electrons. The first-order valence-corrected chi connectivity index (χ1v) is 8.02. The zero-order valence-corrected chi connectivity index (χ0v) is 14.1. The van der Waals surface area contributed by atoms with Crippen molar-refractivity contribution in [1.29, 1.82) is 0 Å². The summed E-state index contributed by atoms with van der Waals surface area (Å²) in [5.74, 6) is -0.982. The Kier molecular flexibility index (Phi) is 4.79. The number of aromatic amines is 1. The Morgan fingerprint density at radius 1 is 1.16 bits per heavy atom. The van der Waals surface area contributed by atoms with Crippen LogP contribution >= 0.6 is 0 Å². The Hall–Kier alpha value is -3.15. The summed E-state index contributed by atoms with van der Waals surface area (Å²) in [6.45, 7) is 3.92. The molecule has 2 aromatic carbocycles. The fourth-order valence-electron chi connectivity index (χ4n) is 2.43. The van der Waals surface area contributed by atoms with E-state index in [0.29, 0.717) is 11.9 Å². The number of carbonyl (C=O) groups excluding carboxylic acids is 2. The highest BCUT2D eigenvalue weighted by molar-refractivity contribution is 6.02. The molecule has 1 aromatic heterocycles. The molecule has 3 aromatic rings. The Morgan fingerprint density at radius 3 is 2.64 bits per heavy atom. The van der Waals surface area contributed by atoms with Gasteiger partial charge in [-0.25, -0.2) is 4.79 Å². The molecule has 1 unspecified atom stereocenters. The van der Waals surface area contributed by atoms with Gasteiger partial charge in [0.05, 0.1) is 5.52 Å². The van der Waals surface area contributed by atoms with Crippen LogP contribution in [0.25, 0.3) is 10.9 Å². The molecule has 2 N–H and O–H groups in total. The summed E-state index contributed by atoms with van der Waals surface area (Å²) in [5, 5.41) is 10.2. The number of esters is 1. The van der Waals surface area contributed by atoms with Crippen molar-refractivity contribution in [1.82, 2.24) is 15.5 Å². The zero-order valence-electron chi connectivity index (χ0n) is 14.1. The second-order valence-electron chi connectivity index (χ2n) is 5.87. The Morgan fingerprint density at radius 2 is 1.88 bits per heavy atom. The van der Waals surface area contributed by atoms with Crippen molar-refractivity contribution in [2.45, 2.75) is 26.5 Å². The summed E-state index contributed by atoms with van der Waals surface area (Å²) in [7, 11) is 0. The van der Waals surface area contributed by atoms with Crippen LogP contribution in [0.3, 0.4) is 0 Å². The number of H-pyrrole nitrogens is 1. The number of hydrogen-bond donors (Lipinski definition) is 2. The maximum Gasteiger partial charge on any atom is 0.360 e. The van der Waals surface area contributed by atoms with Gasteiger partial charge in [-0.15, -0.1) is 0 Å². The van der Waals surface area contributed by atoms with Gasteiger partial charge in [-0.3, -0.25) is 9.89 Å². The quantitative estimate of drug-likeness (QED) is 0.701. The number of benzene rings is 2. The second-order valence-corrected chi connectivity index (χ2v) is 5.87. The van der Waals surface area contributed by atoms with Crippen molar-refractivity contribution in [2.24, 2.45) is 0 Å². The van der Waals surface area contributed by atoms with Gasteiger partial charge in [0.25, 0.3) is 5.91 Å². The van der Waals surface area contributed by atoms with Gasteiger partial charge in [-0.2, -0.15) is 5.10 Å². The molecule has 0 bridgehead atoms. The second kappa shape index (κ2) is 7.17. The third kappa shape index (κ3) is 3.85. The highest BCUT2D eigenvalue weighted by Crippen LogP contribution is 2.16. The normalized spacial score (nSPS) is 11.9. The SMILES string of the molecule is Cc1ccc(CNC(=O)C(C)OC(=O)c2n[nH]c3ccccc23)cc1. The molecule has 0 aliphatic carbocycles. The van der Waals surface area contributed by atoms with Crippen LogP contribution in [0.2, 0.25) is 0 Å². The van der Waals surface area contributed by atoms with E-state index in [-0.39, 0.29) is 11.6 Å². The molecular formula is C19H19N3O3. The van der Waals surface area contributed by atoms with Gasteiger partial charge in [-0.05, 0) is 25.5 Å². The average molecular weight is 337 g/mol. The zero-order chi connectivity index (χ0) is 17.8. The van der Waals surface area contributed by atoms with E-state index >= 15 is 0 Å². The predicted octanol–water partition coefficient (Wildman–Crippen LogP) is 2.73. The van der Waals surface area contributed by atoms with Crippen LogP contribution in [-0.4, -0.2) is 28.2 Å². The lowest BCUT2D eigenvalue weighted by atomic mass is 10.1. The van der Waals surface area contributed by atoms with Crippen molar-refractivity contribution in [3.8, 4) is 0 Å². The fourth-order valence-corrected chi connectivity index (χ4v) is 2.43. The minimum atomic E-state index is -0.909. The van der Waals surface area contributed by atoms with E-state index in [1.54, 1.807) is 6.07 Å². The topological polar surface area (TPSA) is 84.1 Å². The summed E-state index contributed by atoms with van der Waals surface area (Å²) < 4.78 is 5.24. The maximum atomic E-state index is 12.3. The molecule has 0 spiro atoms. The number of amides is 1. The molecule has 1 atom stereocenters. The number of para-hydroxylation sites is 1. The minimum Gasteiger partial charge on any atom is -0.448 e. The monoisotopic (exact) mass is 337 g/mol. The third-order valence-corrected chi connectivity index (χ3v) is 3.90. The van der Waals surface area contributed by atoms with Crippen LogP contribution in [0.5, 0.6) is 0 Å². The Labute approximate surface area is 145 Å². The lowest BCUT2D eigenvalue weighted by Crippen LogP contribution is -2.35. The van der Waals surface area contributed by atoms with E-state index in [0.717, 1.165) is 16.6 Å². The molecule has 0 saturated heterocycles. The van der Waals surface area contributed by atoms with E-state index in [4.69, 9.17) is 4.74 Å². The molecule has 128 valence electrons. The third-order valence-electron chi connectivity index (χ3n) is 3.90. The summed E-state index contributed by atoms with van der Waals surface area (Å²) in [4.78, 5) is 24.4. The first-order valence-electron chi connectivity index (χ1n) is 8.02. The molecule has 0 saturated carbocycles. The molecule has 25 heavy (non-hydrogen) atoms. The average Bonchev–Trinajstić information content (AvgIpc) is 3.05. The molecule has 1 amide bonds. The smallest absolute Gasteiger partial charge is 0.360 e. The van der Waals surface area contributed by atoms with Crippen LogP contribution in [-0.2, 0) is 16.1 Å². The number of fused-ring (bicyclic) bond motifs is 1. The van der Waals surface area contributed by atoms with Crippen molar-refractivity contribution in [3.63, 3.8) is 0 Å². The summed E-state index contributed by atoms with van der Waals surface area (Å²) in [5.41, 5.74) is 3.05. The largest absolute Gasteiger partial charge is 0.448 e. The fraction of sp³-hybridized carbons (Fsp3) is 0.211. The van der Waals surface area contributed by atoms with Gasteiger partial charge in [0.1, 0.15) is 0 Å². The van der Waals surface area contributed by atoms with E-state index < -0.39 is 12.1 Å². The molecule has 0 aliphatic heterocycles. The number of aryl methyl sites for hydroxylation is 1. The number of nitrogens with one attached hydrogen (secondary N) is 2. The van der Waals surface area contributed by atoms with Gasteiger partial charge >= 0.3 is 5.97 Å². The number of carbonyl (C=O) groups is 2. The molecule has 0 aliphatic rings. The molecular weight excluding hydrogens is 318 g/mol. The van der Waals surface area contributed by atoms with E-state index in [2.05, 4.69) is 15.5 Å². The molecule has 1 heterocycles. The van der Waals surface area contributed by atoms with Crippen molar-refractivity contribution in [3.05, 3.63) is 65.4 Å². The van der Waals surface area contributed by atoms with Crippen molar-refractivity contribution < 1.29 is 14.3 Å². The van der Waals surface area contributed by atoms with Crippen LogP contribution < -0.4 is 5.32 Å². The van der Waals surface area contributed by atoms with E-state index in [9.17, 15) is 9.59 Å². The van der Waals surface area contributed by atoms with Crippen LogP contribution in [0, 0.1) is 6.92 Å². The first-order chi connectivity index (χ1) is 12.0. The Balaban J connectivity index is 1.59. The lowest BCUT2D eigenvalue weighted by Gasteiger charge is -2.13. The highest BCUT2D eigenvalue weighted by atomic mass is 16.5. The number of aromatic nitrogens is 2. The number of hydrogen-bond acceptors (Lipinski definition) is 4. The van der Waals surface area contributed by atoms with Gasteiger partial charge < -0.3 is 10.1 Å². The Bertz CT molecular complexity index is 900. The van der Waals surface area contributed by atoms with Gasteiger partial charge in [-0.1, -0.05) is 48.0 Å². The standard InChI is InChI=1S/C19H19N3O3/c1-12-7-9-14(10-8-12)11-20-18(23)13(2)25-19(24)17-15-5-3-4-6-16(15)21-22-17/h3-10,13H,11H2,1-2H3,(H,20,23)(H,21,22).